The van der Waals surface area contributed by atoms with Crippen LogP contribution in [0.15, 0.2) is 12.2 Å². The van der Waals surface area contributed by atoms with Crippen LogP contribution in [0, 0.1) is 11.3 Å². The highest BCUT2D eigenvalue weighted by Gasteiger charge is 2.31. The quantitative estimate of drug-likeness (QED) is 0.261. The summed E-state index contributed by atoms with van der Waals surface area (Å²) < 4.78 is 39.1. The summed E-state index contributed by atoms with van der Waals surface area (Å²) >= 11 is 1.53. The third kappa shape index (κ3) is 7.18. The lowest BCUT2D eigenvalue weighted by Crippen LogP contribution is -2.21. The van der Waals surface area contributed by atoms with E-state index in [-0.39, 0.29) is 6.61 Å². The molecule has 0 rings (SSSR count). The molecule has 0 aliphatic heterocycles. The van der Waals surface area contributed by atoms with Gasteiger partial charge in [-0.05, 0) is 0 Å². The summed E-state index contributed by atoms with van der Waals surface area (Å²) in [6.45, 7) is 2.68. The van der Waals surface area contributed by atoms with E-state index in [2.05, 4.69) is 11.3 Å². The van der Waals surface area contributed by atoms with E-state index in [4.69, 9.17) is 5.26 Å². The van der Waals surface area contributed by atoms with E-state index >= 15 is 0 Å². The van der Waals surface area contributed by atoms with Crippen LogP contribution < -0.4 is 0 Å². The number of rotatable bonds is 4. The molecule has 0 saturated carbocycles. The summed E-state index contributed by atoms with van der Waals surface area (Å²) in [6.07, 6.45) is -5.33. The molecule has 0 bridgehead atoms. The standard InChI is InChI=1S/C8H7F3INO2/c1-5(3-13)7(14)15-4-6(12)2-8(9,10)11/h6H,1-2,4H2. The number of carbonyl (C=O) groups is 1. The van der Waals surface area contributed by atoms with E-state index in [9.17, 15) is 18.0 Å². The molecule has 0 aliphatic rings. The Kier molecular flexibility index (Phi) is 5.64. The zero-order chi connectivity index (χ0) is 12.1. The first-order valence-corrected chi connectivity index (χ1v) is 4.97. The molecule has 7 heteroatoms. The van der Waals surface area contributed by atoms with Crippen LogP contribution in [0.3, 0.4) is 0 Å². The molecule has 0 aromatic rings. The number of ether oxygens (including phenoxy) is 1. The first-order chi connectivity index (χ1) is 6.76. The topological polar surface area (TPSA) is 50.1 Å². The Balaban J connectivity index is 3.93. The minimum absolute atomic E-state index is 0.389. The van der Waals surface area contributed by atoms with Gasteiger partial charge in [0.25, 0.3) is 0 Å². The molecular formula is C8H7F3INO2. The van der Waals surface area contributed by atoms with Gasteiger partial charge in [-0.25, -0.2) is 4.79 Å². The molecule has 0 aromatic carbocycles. The molecule has 0 saturated heterocycles. The lowest BCUT2D eigenvalue weighted by Gasteiger charge is -2.12. The van der Waals surface area contributed by atoms with E-state index in [1.54, 1.807) is 0 Å². The van der Waals surface area contributed by atoms with Crippen molar-refractivity contribution in [2.75, 3.05) is 6.61 Å². The predicted molar refractivity (Wildman–Crippen MR) is 54.2 cm³/mol. The maximum absolute atomic E-state index is 11.8. The minimum atomic E-state index is -4.29. The number of carbonyl (C=O) groups excluding carboxylic acids is 1. The number of alkyl halides is 4. The van der Waals surface area contributed by atoms with Crippen molar-refractivity contribution in [3.63, 3.8) is 0 Å². The first-order valence-electron chi connectivity index (χ1n) is 3.73. The lowest BCUT2D eigenvalue weighted by molar-refractivity contribution is -0.145. The number of nitriles is 1. The van der Waals surface area contributed by atoms with Crippen LogP contribution in [0.25, 0.3) is 0 Å². The summed E-state index contributed by atoms with van der Waals surface area (Å²) in [5.41, 5.74) is -0.425. The van der Waals surface area contributed by atoms with Crippen LogP contribution >= 0.6 is 22.6 Å². The SMILES string of the molecule is C=C(C#N)C(=O)OCC(I)CC(F)(F)F. The van der Waals surface area contributed by atoms with Gasteiger partial charge in [-0.15, -0.1) is 0 Å². The molecule has 0 fully saturated rings. The minimum Gasteiger partial charge on any atom is -0.460 e. The summed E-state index contributed by atoms with van der Waals surface area (Å²) in [5.74, 6) is -0.985. The van der Waals surface area contributed by atoms with Crippen LogP contribution in [0.5, 0.6) is 0 Å². The molecular weight excluding hydrogens is 326 g/mol. The smallest absolute Gasteiger partial charge is 0.390 e. The molecule has 0 heterocycles. The molecule has 0 aromatic heterocycles. The largest absolute Gasteiger partial charge is 0.460 e. The molecule has 0 spiro atoms. The number of hydrogen-bond acceptors (Lipinski definition) is 3. The maximum Gasteiger partial charge on any atom is 0.390 e. The van der Waals surface area contributed by atoms with E-state index in [0.29, 0.717) is 0 Å². The van der Waals surface area contributed by atoms with E-state index in [1.165, 1.54) is 28.7 Å². The second kappa shape index (κ2) is 5.95. The number of halogens is 4. The van der Waals surface area contributed by atoms with E-state index in [0.717, 1.165) is 0 Å². The zero-order valence-electron chi connectivity index (χ0n) is 7.47. The third-order valence-electron chi connectivity index (χ3n) is 1.23. The lowest BCUT2D eigenvalue weighted by atomic mass is 10.3. The second-order valence-electron chi connectivity index (χ2n) is 2.61. The van der Waals surface area contributed by atoms with Crippen LogP contribution in [-0.4, -0.2) is 22.7 Å². The Morgan fingerprint density at radius 2 is 2.13 bits per heavy atom. The van der Waals surface area contributed by atoms with Gasteiger partial charge in [-0.1, -0.05) is 29.2 Å². The van der Waals surface area contributed by atoms with Crippen molar-refractivity contribution in [1.29, 1.82) is 5.26 Å². The highest BCUT2D eigenvalue weighted by Crippen LogP contribution is 2.25. The molecule has 0 radical (unpaired) electrons. The summed E-state index contributed by atoms with van der Waals surface area (Å²) in [7, 11) is 0. The fourth-order valence-corrected chi connectivity index (χ4v) is 1.29. The van der Waals surface area contributed by atoms with Crippen LogP contribution in [0.2, 0.25) is 0 Å². The van der Waals surface area contributed by atoms with Gasteiger partial charge in [0.15, 0.2) is 0 Å². The summed E-state index contributed by atoms with van der Waals surface area (Å²) in [4.78, 5) is 10.8. The van der Waals surface area contributed by atoms with Crippen LogP contribution in [-0.2, 0) is 9.53 Å². The molecule has 0 aliphatic carbocycles. The van der Waals surface area contributed by atoms with Gasteiger partial charge < -0.3 is 4.74 Å². The van der Waals surface area contributed by atoms with Crippen molar-refractivity contribution in [2.45, 2.75) is 16.5 Å². The second-order valence-corrected chi connectivity index (χ2v) is 4.37. The predicted octanol–water partition coefficient (Wildman–Crippen LogP) is 2.37. The summed E-state index contributed by atoms with van der Waals surface area (Å²) in [6, 6.07) is 1.44. The van der Waals surface area contributed by atoms with Gasteiger partial charge in [-0.2, -0.15) is 18.4 Å². The number of esters is 1. The van der Waals surface area contributed by atoms with E-state index in [1.807, 2.05) is 0 Å². The number of nitrogens with zero attached hydrogens (tertiary/aromatic N) is 1. The van der Waals surface area contributed by atoms with Crippen molar-refractivity contribution in [3.8, 4) is 6.07 Å². The summed E-state index contributed by atoms with van der Waals surface area (Å²) in [5, 5.41) is 8.22. The highest BCUT2D eigenvalue weighted by atomic mass is 127. The highest BCUT2D eigenvalue weighted by molar-refractivity contribution is 14.1. The maximum atomic E-state index is 11.8. The fraction of sp³-hybridized carbons (Fsp3) is 0.500. The average Bonchev–Trinajstić information content (AvgIpc) is 2.10. The fourth-order valence-electron chi connectivity index (χ4n) is 0.609. The van der Waals surface area contributed by atoms with Gasteiger partial charge in [0.2, 0.25) is 0 Å². The monoisotopic (exact) mass is 333 g/mol. The molecule has 0 N–H and O–H groups in total. The molecule has 15 heavy (non-hydrogen) atoms. The van der Waals surface area contributed by atoms with E-state index < -0.39 is 28.1 Å². The molecule has 0 amide bonds. The zero-order valence-corrected chi connectivity index (χ0v) is 9.63. The van der Waals surface area contributed by atoms with Crippen molar-refractivity contribution in [3.05, 3.63) is 12.2 Å². The molecule has 1 unspecified atom stereocenters. The molecule has 1 atom stereocenters. The van der Waals surface area contributed by atoms with Gasteiger partial charge in [0.05, 0.1) is 10.3 Å². The van der Waals surface area contributed by atoms with Crippen molar-refractivity contribution >= 4 is 28.6 Å². The Morgan fingerprint density at radius 1 is 1.60 bits per heavy atom. The Morgan fingerprint density at radius 3 is 2.53 bits per heavy atom. The third-order valence-corrected chi connectivity index (χ3v) is 2.03. The van der Waals surface area contributed by atoms with Crippen molar-refractivity contribution in [2.24, 2.45) is 0 Å². The number of hydrogen-bond donors (Lipinski definition) is 0. The van der Waals surface area contributed by atoms with Crippen LogP contribution in [0.1, 0.15) is 6.42 Å². The van der Waals surface area contributed by atoms with Gasteiger partial charge >= 0.3 is 12.1 Å². The Labute approximate surface area is 98.0 Å². The van der Waals surface area contributed by atoms with Gasteiger partial charge in [-0.3, -0.25) is 0 Å². The average molecular weight is 333 g/mol. The van der Waals surface area contributed by atoms with Crippen molar-refractivity contribution in [1.82, 2.24) is 0 Å². The Bertz CT molecular complexity index is 295. The van der Waals surface area contributed by atoms with Gasteiger partial charge in [0, 0.05) is 0 Å². The van der Waals surface area contributed by atoms with Crippen LogP contribution in [0.4, 0.5) is 13.2 Å². The van der Waals surface area contributed by atoms with Crippen molar-refractivity contribution < 1.29 is 22.7 Å². The Hall–Kier alpha value is -0.780. The molecule has 3 nitrogen and oxygen atoms in total. The molecule has 84 valence electrons. The first kappa shape index (κ1) is 14.2. The van der Waals surface area contributed by atoms with Gasteiger partial charge in [0.1, 0.15) is 18.2 Å². The normalized spacial score (nSPS) is 12.7.